The Morgan fingerprint density at radius 1 is 1.00 bits per heavy atom. The number of amides is 1. The van der Waals surface area contributed by atoms with Gasteiger partial charge in [0.05, 0.1) is 0 Å². The highest BCUT2D eigenvalue weighted by Gasteiger charge is 2.19. The molecule has 0 aliphatic rings. The molecule has 3 aromatic heterocycles. The van der Waals surface area contributed by atoms with Crippen LogP contribution < -0.4 is 10.6 Å². The SMILES string of the molecule is O=C(NCCc1cccnc1)C(NCCc1cccnc1)c1ccsc1. The molecule has 0 aromatic carbocycles. The van der Waals surface area contributed by atoms with Crippen LogP contribution in [0.2, 0.25) is 0 Å². The predicted octanol–water partition coefficient (Wildman–Crippen LogP) is 2.77. The van der Waals surface area contributed by atoms with E-state index in [-0.39, 0.29) is 11.9 Å². The van der Waals surface area contributed by atoms with Crippen LogP contribution in [0.15, 0.2) is 65.9 Å². The first-order valence-corrected chi connectivity index (χ1v) is 9.58. The van der Waals surface area contributed by atoms with Crippen LogP contribution in [0.3, 0.4) is 0 Å². The van der Waals surface area contributed by atoms with Crippen LogP contribution >= 0.6 is 11.3 Å². The van der Waals surface area contributed by atoms with Gasteiger partial charge in [0, 0.05) is 37.9 Å². The molecule has 134 valence electrons. The summed E-state index contributed by atoms with van der Waals surface area (Å²) in [4.78, 5) is 20.9. The van der Waals surface area contributed by atoms with Crippen molar-refractivity contribution in [1.82, 2.24) is 20.6 Å². The quantitative estimate of drug-likeness (QED) is 0.611. The van der Waals surface area contributed by atoms with Crippen molar-refractivity contribution in [1.29, 1.82) is 0 Å². The number of rotatable bonds is 9. The maximum absolute atomic E-state index is 12.7. The highest BCUT2D eigenvalue weighted by Crippen LogP contribution is 2.17. The number of carbonyl (C=O) groups is 1. The number of hydrogen-bond acceptors (Lipinski definition) is 5. The molecule has 5 nitrogen and oxygen atoms in total. The molecule has 1 amide bonds. The Labute approximate surface area is 157 Å². The molecule has 0 fully saturated rings. The van der Waals surface area contributed by atoms with Crippen molar-refractivity contribution < 1.29 is 4.79 Å². The molecule has 1 atom stereocenters. The maximum atomic E-state index is 12.7. The Balaban J connectivity index is 1.52. The number of aromatic nitrogens is 2. The second kappa shape index (κ2) is 9.79. The van der Waals surface area contributed by atoms with E-state index in [4.69, 9.17) is 0 Å². The summed E-state index contributed by atoms with van der Waals surface area (Å²) < 4.78 is 0. The maximum Gasteiger partial charge on any atom is 0.241 e. The third kappa shape index (κ3) is 5.47. The second-order valence-corrected chi connectivity index (χ2v) is 6.74. The van der Waals surface area contributed by atoms with E-state index in [0.29, 0.717) is 13.1 Å². The van der Waals surface area contributed by atoms with Crippen molar-refractivity contribution in [2.24, 2.45) is 0 Å². The lowest BCUT2D eigenvalue weighted by Gasteiger charge is -2.18. The van der Waals surface area contributed by atoms with E-state index in [9.17, 15) is 4.79 Å². The molecule has 0 spiro atoms. The molecule has 3 heterocycles. The molecule has 6 heteroatoms. The fourth-order valence-corrected chi connectivity index (χ4v) is 3.37. The highest BCUT2D eigenvalue weighted by atomic mass is 32.1. The molecular formula is C20H22N4OS. The minimum atomic E-state index is -0.341. The van der Waals surface area contributed by atoms with Gasteiger partial charge in [-0.25, -0.2) is 0 Å². The lowest BCUT2D eigenvalue weighted by atomic mass is 10.1. The standard InChI is InChI=1S/C20H22N4OS/c25-20(24-11-6-17-4-2-9-22-14-17)19(18-7-12-26-15-18)23-10-5-16-3-1-8-21-13-16/h1-4,7-9,12-15,19,23H,5-6,10-11H2,(H,24,25). The summed E-state index contributed by atoms with van der Waals surface area (Å²) in [6, 6.07) is 9.55. The molecular weight excluding hydrogens is 344 g/mol. The Morgan fingerprint density at radius 2 is 1.69 bits per heavy atom. The molecule has 0 radical (unpaired) electrons. The van der Waals surface area contributed by atoms with E-state index in [0.717, 1.165) is 29.5 Å². The Bertz CT molecular complexity index is 778. The number of nitrogens with one attached hydrogen (secondary N) is 2. The van der Waals surface area contributed by atoms with E-state index in [2.05, 4.69) is 20.6 Å². The van der Waals surface area contributed by atoms with Crippen LogP contribution in [0, 0.1) is 0 Å². The fraction of sp³-hybridized carbons (Fsp3) is 0.250. The molecule has 1 unspecified atom stereocenters. The number of pyridine rings is 2. The zero-order valence-electron chi connectivity index (χ0n) is 14.5. The minimum Gasteiger partial charge on any atom is -0.354 e. The summed E-state index contributed by atoms with van der Waals surface area (Å²) in [6.45, 7) is 1.30. The van der Waals surface area contributed by atoms with Gasteiger partial charge in [-0.15, -0.1) is 0 Å². The molecule has 0 bridgehead atoms. The van der Waals surface area contributed by atoms with Crippen LogP contribution in [-0.4, -0.2) is 29.0 Å². The van der Waals surface area contributed by atoms with Crippen molar-refractivity contribution in [3.63, 3.8) is 0 Å². The summed E-state index contributed by atoms with van der Waals surface area (Å²) in [6.07, 6.45) is 8.80. The van der Waals surface area contributed by atoms with Gasteiger partial charge in [0.15, 0.2) is 0 Å². The van der Waals surface area contributed by atoms with Gasteiger partial charge in [-0.2, -0.15) is 11.3 Å². The van der Waals surface area contributed by atoms with E-state index in [1.165, 1.54) is 0 Å². The van der Waals surface area contributed by atoms with Gasteiger partial charge in [-0.3, -0.25) is 14.8 Å². The lowest BCUT2D eigenvalue weighted by molar-refractivity contribution is -0.123. The van der Waals surface area contributed by atoms with Gasteiger partial charge >= 0.3 is 0 Å². The van der Waals surface area contributed by atoms with Crippen LogP contribution in [0.4, 0.5) is 0 Å². The van der Waals surface area contributed by atoms with Gasteiger partial charge in [0.2, 0.25) is 5.91 Å². The largest absolute Gasteiger partial charge is 0.354 e. The summed E-state index contributed by atoms with van der Waals surface area (Å²) in [5.74, 6) is -0.00141. The van der Waals surface area contributed by atoms with Crippen LogP contribution in [0.5, 0.6) is 0 Å². The van der Waals surface area contributed by atoms with E-state index < -0.39 is 0 Å². The van der Waals surface area contributed by atoms with Crippen LogP contribution in [-0.2, 0) is 17.6 Å². The smallest absolute Gasteiger partial charge is 0.241 e. The zero-order chi connectivity index (χ0) is 18.0. The zero-order valence-corrected chi connectivity index (χ0v) is 15.3. The first-order valence-electron chi connectivity index (χ1n) is 8.64. The Kier molecular flexibility index (Phi) is 6.87. The van der Waals surface area contributed by atoms with Crippen LogP contribution in [0.25, 0.3) is 0 Å². The molecule has 2 N–H and O–H groups in total. The molecule has 26 heavy (non-hydrogen) atoms. The van der Waals surface area contributed by atoms with Gasteiger partial charge in [0.1, 0.15) is 6.04 Å². The van der Waals surface area contributed by atoms with Gasteiger partial charge in [-0.05, 0) is 58.5 Å². The molecule has 3 aromatic rings. The summed E-state index contributed by atoms with van der Waals surface area (Å²) in [5, 5.41) is 10.4. The third-order valence-corrected chi connectivity index (χ3v) is 4.76. The van der Waals surface area contributed by atoms with Gasteiger partial charge < -0.3 is 10.6 Å². The molecule has 0 saturated carbocycles. The number of carbonyl (C=O) groups excluding carboxylic acids is 1. The third-order valence-electron chi connectivity index (χ3n) is 4.06. The first-order chi connectivity index (χ1) is 12.8. The van der Waals surface area contributed by atoms with E-state index in [1.54, 1.807) is 23.7 Å². The average Bonchev–Trinajstić information content (AvgIpc) is 3.21. The number of hydrogen-bond donors (Lipinski definition) is 2. The Morgan fingerprint density at radius 3 is 2.27 bits per heavy atom. The first kappa shape index (κ1) is 18.2. The predicted molar refractivity (Wildman–Crippen MR) is 104 cm³/mol. The highest BCUT2D eigenvalue weighted by molar-refractivity contribution is 7.08. The topological polar surface area (TPSA) is 66.9 Å². The molecule has 0 saturated heterocycles. The van der Waals surface area contributed by atoms with E-state index in [1.807, 2.05) is 53.5 Å². The molecule has 0 aliphatic carbocycles. The normalized spacial score (nSPS) is 11.8. The van der Waals surface area contributed by atoms with Crippen molar-refractivity contribution >= 4 is 17.2 Å². The van der Waals surface area contributed by atoms with E-state index >= 15 is 0 Å². The lowest BCUT2D eigenvalue weighted by Crippen LogP contribution is -2.39. The second-order valence-electron chi connectivity index (χ2n) is 5.96. The summed E-state index contributed by atoms with van der Waals surface area (Å²) >= 11 is 1.60. The average molecular weight is 366 g/mol. The molecule has 0 aliphatic heterocycles. The van der Waals surface area contributed by atoms with Crippen molar-refractivity contribution in [3.8, 4) is 0 Å². The number of thiophene rings is 1. The summed E-state index contributed by atoms with van der Waals surface area (Å²) in [7, 11) is 0. The minimum absolute atomic E-state index is 0.00141. The number of nitrogens with zero attached hydrogens (tertiary/aromatic N) is 2. The summed E-state index contributed by atoms with van der Waals surface area (Å²) in [5.41, 5.74) is 3.27. The van der Waals surface area contributed by atoms with Crippen molar-refractivity contribution in [2.75, 3.05) is 13.1 Å². The Hall–Kier alpha value is -2.57. The van der Waals surface area contributed by atoms with Crippen LogP contribution in [0.1, 0.15) is 22.7 Å². The van der Waals surface area contributed by atoms with Crippen molar-refractivity contribution in [2.45, 2.75) is 18.9 Å². The van der Waals surface area contributed by atoms with Gasteiger partial charge in [0.25, 0.3) is 0 Å². The fourth-order valence-electron chi connectivity index (χ4n) is 2.69. The molecule has 3 rings (SSSR count). The van der Waals surface area contributed by atoms with Crippen molar-refractivity contribution in [3.05, 3.63) is 82.6 Å². The monoisotopic (exact) mass is 366 g/mol. The van der Waals surface area contributed by atoms with Gasteiger partial charge in [-0.1, -0.05) is 12.1 Å².